The molecule has 1 aliphatic heterocycles. The van der Waals surface area contributed by atoms with E-state index in [9.17, 15) is 20.0 Å². The van der Waals surface area contributed by atoms with Crippen molar-refractivity contribution in [3.05, 3.63) is 105 Å². The Kier molecular flexibility index (Phi) is 5.46. The molecule has 1 aliphatic rings. The summed E-state index contributed by atoms with van der Waals surface area (Å²) in [6, 6.07) is 18.3. The first kappa shape index (κ1) is 22.2. The number of aromatic nitrogens is 2. The Bertz CT molecular complexity index is 1560. The number of rotatable bonds is 5. The van der Waals surface area contributed by atoms with Gasteiger partial charge in [0, 0.05) is 30.5 Å². The number of aromatic carboxylic acids is 1. The summed E-state index contributed by atoms with van der Waals surface area (Å²) in [5, 5.41) is 22.7. The number of pyridine rings is 1. The molecule has 0 aliphatic carbocycles. The normalized spacial score (nSPS) is 13.3. The second-order valence-electron chi connectivity index (χ2n) is 8.74. The molecular weight excluding hydrogens is 442 g/mol. The fourth-order valence-electron chi connectivity index (χ4n) is 4.63. The van der Waals surface area contributed by atoms with Gasteiger partial charge in [0.25, 0.3) is 5.56 Å². The fraction of sp³-hybridized carbons (Fsp3) is 0.185. The number of nitrogens with zero attached hydrogens (tertiary/aromatic N) is 4. The average Bonchev–Trinajstić information content (AvgIpc) is 3.28. The van der Waals surface area contributed by atoms with Crippen LogP contribution in [0.4, 0.5) is 11.5 Å². The summed E-state index contributed by atoms with van der Waals surface area (Å²) in [7, 11) is 0. The molecule has 0 radical (unpaired) electrons. The lowest BCUT2D eigenvalue weighted by Gasteiger charge is -2.22. The van der Waals surface area contributed by atoms with Crippen molar-refractivity contribution >= 4 is 23.1 Å². The van der Waals surface area contributed by atoms with Gasteiger partial charge in [0.2, 0.25) is 0 Å². The van der Waals surface area contributed by atoms with Crippen molar-refractivity contribution in [1.29, 1.82) is 5.26 Å². The van der Waals surface area contributed by atoms with Crippen LogP contribution < -0.4 is 15.8 Å². The molecule has 0 saturated carbocycles. The van der Waals surface area contributed by atoms with Crippen molar-refractivity contribution in [3.8, 4) is 6.07 Å². The molecule has 0 saturated heterocycles. The largest absolute Gasteiger partial charge is 0.478 e. The number of hydrogen-bond donors (Lipinski definition) is 2. The van der Waals surface area contributed by atoms with Crippen LogP contribution in [0, 0.1) is 18.3 Å². The highest BCUT2D eigenvalue weighted by Crippen LogP contribution is 2.31. The van der Waals surface area contributed by atoms with Gasteiger partial charge in [-0.05, 0) is 48.7 Å². The van der Waals surface area contributed by atoms with E-state index in [2.05, 4.69) is 11.4 Å². The van der Waals surface area contributed by atoms with Crippen LogP contribution in [0.2, 0.25) is 0 Å². The number of fused-ring (bicyclic) bond motifs is 2. The first-order chi connectivity index (χ1) is 16.9. The molecule has 1 atom stereocenters. The molecule has 0 spiro atoms. The third-order valence-corrected chi connectivity index (χ3v) is 6.32. The topological polar surface area (TPSA) is 111 Å². The summed E-state index contributed by atoms with van der Waals surface area (Å²) in [5.74, 6) is -0.671. The number of anilines is 2. The molecule has 0 fully saturated rings. The van der Waals surface area contributed by atoms with Crippen LogP contribution in [0.1, 0.15) is 51.1 Å². The maximum Gasteiger partial charge on any atom is 0.337 e. The van der Waals surface area contributed by atoms with Gasteiger partial charge in [-0.15, -0.1) is 0 Å². The van der Waals surface area contributed by atoms with Crippen molar-refractivity contribution in [2.45, 2.75) is 33.0 Å². The van der Waals surface area contributed by atoms with Crippen molar-refractivity contribution in [1.82, 2.24) is 9.38 Å². The lowest BCUT2D eigenvalue weighted by molar-refractivity contribution is 0.0698. The summed E-state index contributed by atoms with van der Waals surface area (Å²) in [4.78, 5) is 31.9. The SMILES string of the molecule is Cc1cc(C(C)Nc2ccccc2C(=O)O)c2nc(N3Cc4ccccc4C3)c(C#N)c(=O)n2c1. The number of carboxylic acids is 1. The Balaban J connectivity index is 1.64. The second-order valence-corrected chi connectivity index (χ2v) is 8.74. The lowest BCUT2D eigenvalue weighted by Crippen LogP contribution is -2.27. The molecule has 3 heterocycles. The maximum absolute atomic E-state index is 13.4. The smallest absolute Gasteiger partial charge is 0.337 e. The monoisotopic (exact) mass is 465 g/mol. The number of carbonyl (C=O) groups is 1. The van der Waals surface area contributed by atoms with E-state index in [4.69, 9.17) is 4.98 Å². The van der Waals surface area contributed by atoms with Crippen LogP contribution in [-0.4, -0.2) is 20.5 Å². The number of para-hydroxylation sites is 1. The third kappa shape index (κ3) is 3.87. The molecule has 174 valence electrons. The van der Waals surface area contributed by atoms with Gasteiger partial charge in [-0.2, -0.15) is 5.26 Å². The molecule has 35 heavy (non-hydrogen) atoms. The molecular formula is C27H23N5O3. The van der Waals surface area contributed by atoms with Crippen LogP contribution in [-0.2, 0) is 13.1 Å². The van der Waals surface area contributed by atoms with Gasteiger partial charge in [0.15, 0.2) is 11.4 Å². The van der Waals surface area contributed by atoms with Crippen LogP contribution in [0.5, 0.6) is 0 Å². The van der Waals surface area contributed by atoms with E-state index in [0.717, 1.165) is 22.3 Å². The van der Waals surface area contributed by atoms with Crippen molar-refractivity contribution in [2.75, 3.05) is 10.2 Å². The minimum absolute atomic E-state index is 0.00342. The standard InChI is InChI=1S/C27H23N5O3/c1-16-11-21(17(2)29-23-10-6-5-9-20(23)27(34)35)25-30-24(22(12-28)26(33)32(25)13-16)31-14-18-7-3-4-8-19(18)15-31/h3-11,13,17,29H,14-15H2,1-2H3,(H,34,35). The lowest BCUT2D eigenvalue weighted by atomic mass is 10.1. The number of nitriles is 1. The van der Waals surface area contributed by atoms with E-state index in [1.807, 2.05) is 49.1 Å². The molecule has 0 amide bonds. The summed E-state index contributed by atoms with van der Waals surface area (Å²) in [5.41, 5.74) is 4.47. The molecule has 5 rings (SSSR count). The van der Waals surface area contributed by atoms with Gasteiger partial charge in [-0.3, -0.25) is 9.20 Å². The third-order valence-electron chi connectivity index (χ3n) is 6.32. The van der Waals surface area contributed by atoms with Crippen LogP contribution in [0.25, 0.3) is 5.65 Å². The molecule has 4 aromatic rings. The quantitative estimate of drug-likeness (QED) is 0.453. The molecule has 2 aromatic carbocycles. The van der Waals surface area contributed by atoms with Crippen molar-refractivity contribution < 1.29 is 9.90 Å². The summed E-state index contributed by atoms with van der Waals surface area (Å²) in [6.45, 7) is 4.89. The first-order valence-electron chi connectivity index (χ1n) is 11.2. The number of aryl methyl sites for hydroxylation is 1. The van der Waals surface area contributed by atoms with Crippen molar-refractivity contribution in [3.63, 3.8) is 0 Å². The Labute approximate surface area is 201 Å². The molecule has 2 aromatic heterocycles. The molecule has 1 unspecified atom stereocenters. The summed E-state index contributed by atoms with van der Waals surface area (Å²) < 4.78 is 1.41. The van der Waals surface area contributed by atoms with E-state index < -0.39 is 11.5 Å². The van der Waals surface area contributed by atoms with E-state index >= 15 is 0 Å². The summed E-state index contributed by atoms with van der Waals surface area (Å²) in [6.07, 6.45) is 1.68. The van der Waals surface area contributed by atoms with Gasteiger partial charge in [0.05, 0.1) is 11.6 Å². The molecule has 8 nitrogen and oxygen atoms in total. The Morgan fingerprint density at radius 3 is 2.46 bits per heavy atom. The van der Waals surface area contributed by atoms with Gasteiger partial charge in [-0.25, -0.2) is 9.78 Å². The first-order valence-corrected chi connectivity index (χ1v) is 11.2. The Morgan fingerprint density at radius 2 is 1.80 bits per heavy atom. The van der Waals surface area contributed by atoms with Crippen molar-refractivity contribution in [2.24, 2.45) is 0 Å². The van der Waals surface area contributed by atoms with E-state index in [0.29, 0.717) is 30.2 Å². The van der Waals surface area contributed by atoms with Gasteiger partial charge < -0.3 is 15.3 Å². The number of benzene rings is 2. The Hall–Kier alpha value is -4.64. The highest BCUT2D eigenvalue weighted by atomic mass is 16.4. The van der Waals surface area contributed by atoms with Crippen LogP contribution in [0.3, 0.4) is 0 Å². The summed E-state index contributed by atoms with van der Waals surface area (Å²) >= 11 is 0. The van der Waals surface area contributed by atoms with E-state index in [-0.39, 0.29) is 17.2 Å². The minimum Gasteiger partial charge on any atom is -0.478 e. The zero-order valence-electron chi connectivity index (χ0n) is 19.3. The molecule has 8 heteroatoms. The van der Waals surface area contributed by atoms with Gasteiger partial charge in [0.1, 0.15) is 11.7 Å². The average molecular weight is 466 g/mol. The number of hydrogen-bond acceptors (Lipinski definition) is 6. The van der Waals surface area contributed by atoms with Gasteiger partial charge >= 0.3 is 5.97 Å². The fourth-order valence-corrected chi connectivity index (χ4v) is 4.63. The molecule has 2 N–H and O–H groups in total. The maximum atomic E-state index is 13.4. The predicted octanol–water partition coefficient (Wildman–Crippen LogP) is 4.27. The van der Waals surface area contributed by atoms with E-state index in [1.54, 1.807) is 24.4 Å². The van der Waals surface area contributed by atoms with Gasteiger partial charge in [-0.1, -0.05) is 36.4 Å². The predicted molar refractivity (Wildman–Crippen MR) is 133 cm³/mol. The van der Waals surface area contributed by atoms with E-state index in [1.165, 1.54) is 10.5 Å². The van der Waals surface area contributed by atoms with Crippen LogP contribution in [0.15, 0.2) is 65.6 Å². The number of carboxylic acid groups (broad SMARTS) is 1. The highest BCUT2D eigenvalue weighted by molar-refractivity contribution is 5.94. The Morgan fingerprint density at radius 1 is 1.14 bits per heavy atom. The van der Waals surface area contributed by atoms with Crippen LogP contribution >= 0.6 is 0 Å². The minimum atomic E-state index is -1.03. The second kappa shape index (κ2) is 8.61. The highest BCUT2D eigenvalue weighted by Gasteiger charge is 2.26. The zero-order valence-corrected chi connectivity index (χ0v) is 19.3. The number of nitrogens with one attached hydrogen (secondary N) is 1. The zero-order chi connectivity index (χ0) is 24.7. The molecule has 0 bridgehead atoms.